The van der Waals surface area contributed by atoms with Crippen LogP contribution >= 0.6 is 0 Å². The molecule has 0 spiro atoms. The van der Waals surface area contributed by atoms with E-state index in [1.807, 2.05) is 0 Å². The molecule has 0 saturated heterocycles. The number of nitrogens with one attached hydrogen (secondary N) is 1. The molecule has 0 aromatic carbocycles. The van der Waals surface area contributed by atoms with Gasteiger partial charge in [0, 0.05) is 18.6 Å². The molecule has 1 fully saturated rings. The average molecular weight is 226 g/mol. The number of hydrogen-bond acceptors (Lipinski definition) is 2. The third kappa shape index (κ3) is 5.31. The molecule has 0 heterocycles. The van der Waals surface area contributed by atoms with Gasteiger partial charge in [0.2, 0.25) is 0 Å². The Morgan fingerprint density at radius 3 is 2.38 bits per heavy atom. The second kappa shape index (κ2) is 7.29. The zero-order valence-electron chi connectivity index (χ0n) is 11.6. The van der Waals surface area contributed by atoms with Crippen LogP contribution in [0.1, 0.15) is 53.4 Å². The molecule has 96 valence electrons. The lowest BCUT2D eigenvalue weighted by Gasteiger charge is -2.28. The second-order valence-corrected chi connectivity index (χ2v) is 5.57. The van der Waals surface area contributed by atoms with Crippen LogP contribution in [0.2, 0.25) is 0 Å². The molecule has 0 bridgehead atoms. The minimum Gasteiger partial charge on any atom is -0.313 e. The summed E-state index contributed by atoms with van der Waals surface area (Å²) in [5.41, 5.74) is 0. The predicted molar refractivity (Wildman–Crippen MR) is 71.8 cm³/mol. The maximum Gasteiger partial charge on any atom is 0.0192 e. The Balaban J connectivity index is 2.31. The molecule has 0 aromatic heterocycles. The summed E-state index contributed by atoms with van der Waals surface area (Å²) < 4.78 is 0. The highest BCUT2D eigenvalue weighted by molar-refractivity contribution is 4.86. The SMILES string of the molecule is CCNC(CC)CN(CCC(C)C)C1CC1. The van der Waals surface area contributed by atoms with Crippen molar-refractivity contribution < 1.29 is 0 Å². The van der Waals surface area contributed by atoms with Crippen LogP contribution in [0.25, 0.3) is 0 Å². The van der Waals surface area contributed by atoms with Crippen molar-refractivity contribution in [2.24, 2.45) is 5.92 Å². The minimum absolute atomic E-state index is 0.692. The molecule has 1 aliphatic rings. The van der Waals surface area contributed by atoms with Crippen molar-refractivity contribution >= 4 is 0 Å². The molecule has 0 amide bonds. The van der Waals surface area contributed by atoms with Gasteiger partial charge in [0.05, 0.1) is 0 Å². The second-order valence-electron chi connectivity index (χ2n) is 5.57. The fourth-order valence-electron chi connectivity index (χ4n) is 2.20. The number of rotatable bonds is 9. The van der Waals surface area contributed by atoms with Crippen molar-refractivity contribution in [1.82, 2.24) is 10.2 Å². The molecule has 1 aliphatic carbocycles. The highest BCUT2D eigenvalue weighted by Crippen LogP contribution is 2.27. The van der Waals surface area contributed by atoms with E-state index in [4.69, 9.17) is 0 Å². The van der Waals surface area contributed by atoms with Crippen LogP contribution in [0, 0.1) is 5.92 Å². The van der Waals surface area contributed by atoms with Gasteiger partial charge < -0.3 is 5.32 Å². The molecular weight excluding hydrogens is 196 g/mol. The highest BCUT2D eigenvalue weighted by atomic mass is 15.2. The summed E-state index contributed by atoms with van der Waals surface area (Å²) in [5.74, 6) is 0.834. The highest BCUT2D eigenvalue weighted by Gasteiger charge is 2.29. The van der Waals surface area contributed by atoms with Gasteiger partial charge in [-0.05, 0) is 44.7 Å². The summed E-state index contributed by atoms with van der Waals surface area (Å²) in [7, 11) is 0. The van der Waals surface area contributed by atoms with Crippen molar-refractivity contribution in [3.05, 3.63) is 0 Å². The van der Waals surface area contributed by atoms with E-state index in [1.165, 1.54) is 38.8 Å². The Kier molecular flexibility index (Phi) is 6.37. The first-order valence-corrected chi connectivity index (χ1v) is 7.14. The Hall–Kier alpha value is -0.0800. The zero-order chi connectivity index (χ0) is 12.0. The van der Waals surface area contributed by atoms with Crippen molar-refractivity contribution in [3.8, 4) is 0 Å². The molecule has 16 heavy (non-hydrogen) atoms. The van der Waals surface area contributed by atoms with Gasteiger partial charge in [0.25, 0.3) is 0 Å². The maximum absolute atomic E-state index is 3.59. The Morgan fingerprint density at radius 1 is 1.25 bits per heavy atom. The van der Waals surface area contributed by atoms with Crippen LogP contribution in [0.5, 0.6) is 0 Å². The zero-order valence-corrected chi connectivity index (χ0v) is 11.6. The van der Waals surface area contributed by atoms with Gasteiger partial charge in [0.1, 0.15) is 0 Å². The van der Waals surface area contributed by atoms with E-state index in [0.29, 0.717) is 6.04 Å². The summed E-state index contributed by atoms with van der Waals surface area (Å²) in [6.07, 6.45) is 5.46. The molecule has 2 heteroatoms. The number of likely N-dealkylation sites (N-methyl/N-ethyl adjacent to an activating group) is 1. The maximum atomic E-state index is 3.59. The summed E-state index contributed by atoms with van der Waals surface area (Å²) in [5, 5.41) is 3.59. The van der Waals surface area contributed by atoms with Crippen molar-refractivity contribution in [2.75, 3.05) is 19.6 Å². The summed E-state index contributed by atoms with van der Waals surface area (Å²) in [6.45, 7) is 12.8. The normalized spacial score (nSPS) is 18.4. The van der Waals surface area contributed by atoms with Gasteiger partial charge in [-0.1, -0.05) is 27.7 Å². The quantitative estimate of drug-likeness (QED) is 0.650. The third-order valence-corrected chi connectivity index (χ3v) is 3.50. The topological polar surface area (TPSA) is 15.3 Å². The standard InChI is InChI=1S/C14H30N2/c1-5-13(15-6-2)11-16(14-7-8-14)10-9-12(3)4/h12-15H,5-11H2,1-4H3. The van der Waals surface area contributed by atoms with E-state index in [9.17, 15) is 0 Å². The van der Waals surface area contributed by atoms with Gasteiger partial charge in [-0.3, -0.25) is 4.90 Å². The van der Waals surface area contributed by atoms with Crippen LogP contribution in [0.3, 0.4) is 0 Å². The molecule has 0 radical (unpaired) electrons. The minimum atomic E-state index is 0.692. The Morgan fingerprint density at radius 2 is 1.94 bits per heavy atom. The fourth-order valence-corrected chi connectivity index (χ4v) is 2.20. The smallest absolute Gasteiger partial charge is 0.0192 e. The predicted octanol–water partition coefficient (Wildman–Crippen LogP) is 2.89. The van der Waals surface area contributed by atoms with Crippen LogP contribution in [0.15, 0.2) is 0 Å². The van der Waals surface area contributed by atoms with E-state index in [-0.39, 0.29) is 0 Å². The lowest BCUT2D eigenvalue weighted by Crippen LogP contribution is -2.42. The fraction of sp³-hybridized carbons (Fsp3) is 1.00. The van der Waals surface area contributed by atoms with E-state index in [1.54, 1.807) is 0 Å². The van der Waals surface area contributed by atoms with Crippen LogP contribution in [-0.2, 0) is 0 Å². The van der Waals surface area contributed by atoms with E-state index < -0.39 is 0 Å². The van der Waals surface area contributed by atoms with E-state index in [2.05, 4.69) is 37.9 Å². The molecule has 1 rings (SSSR count). The van der Waals surface area contributed by atoms with Gasteiger partial charge in [0.15, 0.2) is 0 Å². The third-order valence-electron chi connectivity index (χ3n) is 3.50. The van der Waals surface area contributed by atoms with E-state index >= 15 is 0 Å². The lowest BCUT2D eigenvalue weighted by molar-refractivity contribution is 0.218. The summed E-state index contributed by atoms with van der Waals surface area (Å²) in [6, 6.07) is 1.60. The van der Waals surface area contributed by atoms with Gasteiger partial charge in [-0.15, -0.1) is 0 Å². The van der Waals surface area contributed by atoms with Crippen molar-refractivity contribution in [3.63, 3.8) is 0 Å². The van der Waals surface area contributed by atoms with Crippen LogP contribution < -0.4 is 5.32 Å². The van der Waals surface area contributed by atoms with Gasteiger partial charge in [-0.25, -0.2) is 0 Å². The van der Waals surface area contributed by atoms with Gasteiger partial charge >= 0.3 is 0 Å². The first-order chi connectivity index (χ1) is 7.67. The first-order valence-electron chi connectivity index (χ1n) is 7.14. The van der Waals surface area contributed by atoms with Gasteiger partial charge in [-0.2, -0.15) is 0 Å². The first kappa shape index (κ1) is 14.0. The lowest BCUT2D eigenvalue weighted by atomic mass is 10.1. The molecule has 1 saturated carbocycles. The Labute approximate surface area is 102 Å². The molecule has 0 aliphatic heterocycles. The Bertz CT molecular complexity index is 176. The number of hydrogen-bond donors (Lipinski definition) is 1. The average Bonchev–Trinajstić information content (AvgIpc) is 3.06. The summed E-state index contributed by atoms with van der Waals surface area (Å²) >= 11 is 0. The van der Waals surface area contributed by atoms with Crippen molar-refractivity contribution in [2.45, 2.75) is 65.5 Å². The van der Waals surface area contributed by atoms with Crippen LogP contribution in [0.4, 0.5) is 0 Å². The largest absolute Gasteiger partial charge is 0.313 e. The molecule has 1 N–H and O–H groups in total. The molecule has 0 aromatic rings. The van der Waals surface area contributed by atoms with Crippen molar-refractivity contribution in [1.29, 1.82) is 0 Å². The molecule has 2 nitrogen and oxygen atoms in total. The molecule has 1 atom stereocenters. The monoisotopic (exact) mass is 226 g/mol. The number of nitrogens with zero attached hydrogens (tertiary/aromatic N) is 1. The molecule has 1 unspecified atom stereocenters. The van der Waals surface area contributed by atoms with Crippen LogP contribution in [-0.4, -0.2) is 36.6 Å². The summed E-state index contributed by atoms with van der Waals surface area (Å²) in [4.78, 5) is 2.72. The molecular formula is C14H30N2. The van der Waals surface area contributed by atoms with E-state index in [0.717, 1.165) is 18.5 Å².